The van der Waals surface area contributed by atoms with Gasteiger partial charge in [0.05, 0.1) is 0 Å². The van der Waals surface area contributed by atoms with Gasteiger partial charge in [-0.15, -0.1) is 0 Å². The molecule has 0 unspecified atom stereocenters. The van der Waals surface area contributed by atoms with Crippen LogP contribution in [0.15, 0.2) is 30.3 Å². The predicted octanol–water partition coefficient (Wildman–Crippen LogP) is 2.08. The Balaban J connectivity index is 2.90. The highest BCUT2D eigenvalue weighted by Gasteiger charge is 2.07. The van der Waals surface area contributed by atoms with Gasteiger partial charge in [0, 0.05) is 25.9 Å². The number of carbonyl (C=O) groups is 1. The number of carboxylic acids is 1. The monoisotopic (exact) mass is 222 g/mol. The third-order valence-corrected chi connectivity index (χ3v) is 2.03. The van der Waals surface area contributed by atoms with Gasteiger partial charge in [0.1, 0.15) is 0 Å². The van der Waals surface area contributed by atoms with E-state index in [4.69, 9.17) is 14.6 Å². The van der Waals surface area contributed by atoms with Crippen LogP contribution >= 0.6 is 0 Å². The molecule has 0 fully saturated rings. The largest absolute Gasteiger partial charge is 0.478 e. The summed E-state index contributed by atoms with van der Waals surface area (Å²) in [6, 6.07) is 7.31. The third kappa shape index (κ3) is 3.49. The van der Waals surface area contributed by atoms with Crippen LogP contribution in [0.2, 0.25) is 0 Å². The molecule has 0 bridgehead atoms. The molecule has 0 spiro atoms. The van der Waals surface area contributed by atoms with E-state index >= 15 is 0 Å². The van der Waals surface area contributed by atoms with Crippen molar-refractivity contribution in [1.29, 1.82) is 0 Å². The Morgan fingerprint density at radius 2 is 2.06 bits per heavy atom. The maximum Gasteiger partial charge on any atom is 0.328 e. The Bertz CT molecular complexity index is 380. The molecule has 0 radical (unpaired) electrons. The first-order valence-electron chi connectivity index (χ1n) is 4.74. The molecule has 0 atom stereocenters. The lowest BCUT2D eigenvalue weighted by Crippen LogP contribution is -2.03. The number of carboxylic acid groups (broad SMARTS) is 1. The van der Waals surface area contributed by atoms with Crippen LogP contribution < -0.4 is 0 Å². The van der Waals surface area contributed by atoms with E-state index in [1.807, 2.05) is 24.3 Å². The number of benzene rings is 1. The zero-order valence-electron chi connectivity index (χ0n) is 9.21. The molecule has 86 valence electrons. The molecule has 0 aliphatic heterocycles. The van der Waals surface area contributed by atoms with Crippen molar-refractivity contribution in [2.45, 2.75) is 6.29 Å². The fourth-order valence-electron chi connectivity index (χ4n) is 1.35. The summed E-state index contributed by atoms with van der Waals surface area (Å²) >= 11 is 0. The van der Waals surface area contributed by atoms with Gasteiger partial charge in [-0.1, -0.05) is 18.2 Å². The minimum Gasteiger partial charge on any atom is -0.478 e. The fraction of sp³-hybridized carbons (Fsp3) is 0.250. The minimum atomic E-state index is -0.972. The van der Waals surface area contributed by atoms with E-state index in [0.29, 0.717) is 0 Å². The summed E-state index contributed by atoms with van der Waals surface area (Å²) in [7, 11) is 3.10. The Morgan fingerprint density at radius 1 is 1.38 bits per heavy atom. The van der Waals surface area contributed by atoms with Gasteiger partial charge in [-0.25, -0.2) is 4.79 Å². The maximum atomic E-state index is 10.4. The molecular formula is C12H14O4. The van der Waals surface area contributed by atoms with Gasteiger partial charge in [-0.3, -0.25) is 0 Å². The van der Waals surface area contributed by atoms with Crippen LogP contribution in [0.5, 0.6) is 0 Å². The van der Waals surface area contributed by atoms with E-state index in [0.717, 1.165) is 17.2 Å². The number of methoxy groups -OCH3 is 2. The van der Waals surface area contributed by atoms with Gasteiger partial charge in [-0.2, -0.15) is 0 Å². The zero-order valence-corrected chi connectivity index (χ0v) is 9.21. The summed E-state index contributed by atoms with van der Waals surface area (Å²) in [6.45, 7) is 0. The van der Waals surface area contributed by atoms with Crippen molar-refractivity contribution >= 4 is 12.0 Å². The average molecular weight is 222 g/mol. The molecule has 1 aromatic rings. The minimum absolute atomic E-state index is 0.432. The summed E-state index contributed by atoms with van der Waals surface area (Å²) < 4.78 is 10.2. The van der Waals surface area contributed by atoms with Crippen LogP contribution in [0.3, 0.4) is 0 Å². The van der Waals surface area contributed by atoms with Gasteiger partial charge in [-0.05, 0) is 17.7 Å². The van der Waals surface area contributed by atoms with Gasteiger partial charge in [0.15, 0.2) is 6.29 Å². The normalized spacial score (nSPS) is 11.2. The Morgan fingerprint density at radius 3 is 2.62 bits per heavy atom. The number of ether oxygens (including phenoxy) is 2. The molecule has 0 amide bonds. The van der Waals surface area contributed by atoms with Crippen LogP contribution in [0.1, 0.15) is 17.4 Å². The molecule has 16 heavy (non-hydrogen) atoms. The Hall–Kier alpha value is -1.65. The molecule has 0 aliphatic rings. The summed E-state index contributed by atoms with van der Waals surface area (Å²) in [6.07, 6.45) is 2.18. The standard InChI is InChI=1S/C12H14O4/c1-15-12(16-2)10-5-3-4-9(8-10)6-7-11(13)14/h3-8,12H,1-2H3,(H,13,14)/b7-6+. The molecule has 0 saturated carbocycles. The number of rotatable bonds is 5. The Kier molecular flexibility index (Phi) is 4.69. The van der Waals surface area contributed by atoms with Gasteiger partial charge < -0.3 is 14.6 Å². The quantitative estimate of drug-likeness (QED) is 0.612. The molecule has 0 aromatic heterocycles. The molecule has 0 heterocycles. The van der Waals surface area contributed by atoms with Crippen LogP contribution in [0.25, 0.3) is 6.08 Å². The molecule has 4 nitrogen and oxygen atoms in total. The molecule has 1 N–H and O–H groups in total. The van der Waals surface area contributed by atoms with E-state index in [9.17, 15) is 4.79 Å². The molecule has 4 heteroatoms. The molecule has 0 saturated heterocycles. The Labute approximate surface area is 94.1 Å². The highest BCUT2D eigenvalue weighted by Crippen LogP contribution is 2.18. The molecule has 1 aromatic carbocycles. The van der Waals surface area contributed by atoms with E-state index < -0.39 is 12.3 Å². The van der Waals surface area contributed by atoms with Crippen LogP contribution in [0.4, 0.5) is 0 Å². The maximum absolute atomic E-state index is 10.4. The van der Waals surface area contributed by atoms with Gasteiger partial charge in [0.25, 0.3) is 0 Å². The fourth-order valence-corrected chi connectivity index (χ4v) is 1.35. The topological polar surface area (TPSA) is 55.8 Å². The van der Waals surface area contributed by atoms with E-state index in [2.05, 4.69) is 0 Å². The second-order valence-electron chi connectivity index (χ2n) is 3.15. The van der Waals surface area contributed by atoms with Crippen molar-refractivity contribution in [3.8, 4) is 0 Å². The molecule has 1 rings (SSSR count). The molecular weight excluding hydrogens is 208 g/mol. The van der Waals surface area contributed by atoms with Crippen LogP contribution in [-0.4, -0.2) is 25.3 Å². The highest BCUT2D eigenvalue weighted by molar-refractivity contribution is 5.85. The zero-order chi connectivity index (χ0) is 12.0. The molecule has 0 aliphatic carbocycles. The van der Waals surface area contributed by atoms with Crippen molar-refractivity contribution < 1.29 is 19.4 Å². The van der Waals surface area contributed by atoms with E-state index in [1.54, 1.807) is 14.2 Å². The number of hydrogen-bond acceptors (Lipinski definition) is 3. The summed E-state index contributed by atoms with van der Waals surface area (Å²) in [5.74, 6) is -0.972. The average Bonchev–Trinajstić information content (AvgIpc) is 2.29. The lowest BCUT2D eigenvalue weighted by atomic mass is 10.1. The highest BCUT2D eigenvalue weighted by atomic mass is 16.7. The van der Waals surface area contributed by atoms with Crippen LogP contribution in [-0.2, 0) is 14.3 Å². The SMILES string of the molecule is COC(OC)c1cccc(/C=C/C(=O)O)c1. The van der Waals surface area contributed by atoms with E-state index in [-0.39, 0.29) is 0 Å². The van der Waals surface area contributed by atoms with Crippen molar-refractivity contribution in [2.24, 2.45) is 0 Å². The smallest absolute Gasteiger partial charge is 0.328 e. The third-order valence-electron chi connectivity index (χ3n) is 2.03. The van der Waals surface area contributed by atoms with Gasteiger partial charge in [0.2, 0.25) is 0 Å². The first-order valence-corrected chi connectivity index (χ1v) is 4.74. The number of hydrogen-bond donors (Lipinski definition) is 1. The van der Waals surface area contributed by atoms with Crippen LogP contribution in [0, 0.1) is 0 Å². The summed E-state index contributed by atoms with van der Waals surface area (Å²) in [4.78, 5) is 10.4. The second kappa shape index (κ2) is 6.05. The second-order valence-corrected chi connectivity index (χ2v) is 3.15. The van der Waals surface area contributed by atoms with Crippen molar-refractivity contribution in [3.63, 3.8) is 0 Å². The van der Waals surface area contributed by atoms with Gasteiger partial charge >= 0.3 is 5.97 Å². The predicted molar refractivity (Wildman–Crippen MR) is 59.9 cm³/mol. The van der Waals surface area contributed by atoms with Crippen molar-refractivity contribution in [3.05, 3.63) is 41.5 Å². The summed E-state index contributed by atoms with van der Waals surface area (Å²) in [5, 5.41) is 8.51. The lowest BCUT2D eigenvalue weighted by molar-refractivity contribution is -0.131. The summed E-state index contributed by atoms with van der Waals surface area (Å²) in [5.41, 5.74) is 1.64. The first-order chi connectivity index (χ1) is 7.67. The number of aliphatic carboxylic acids is 1. The lowest BCUT2D eigenvalue weighted by Gasteiger charge is -2.13. The van der Waals surface area contributed by atoms with E-state index in [1.165, 1.54) is 6.08 Å². The van der Waals surface area contributed by atoms with Crippen molar-refractivity contribution in [2.75, 3.05) is 14.2 Å². The van der Waals surface area contributed by atoms with Crippen molar-refractivity contribution in [1.82, 2.24) is 0 Å². The first kappa shape index (κ1) is 12.4.